The Morgan fingerprint density at radius 1 is 1.37 bits per heavy atom. The van der Waals surface area contributed by atoms with E-state index in [1.807, 2.05) is 36.1 Å². The minimum atomic E-state index is -0.192. The van der Waals surface area contributed by atoms with Crippen LogP contribution in [0, 0.1) is 6.92 Å². The Kier molecular flexibility index (Phi) is 4.30. The van der Waals surface area contributed by atoms with Gasteiger partial charge in [0.15, 0.2) is 5.82 Å². The summed E-state index contributed by atoms with van der Waals surface area (Å²) in [5.41, 5.74) is 7.47. The van der Waals surface area contributed by atoms with E-state index in [1.165, 1.54) is 6.20 Å². The van der Waals surface area contributed by atoms with Gasteiger partial charge in [0.1, 0.15) is 0 Å². The quantitative estimate of drug-likeness (QED) is 0.853. The number of nitrogens with one attached hydrogen (secondary N) is 1. The Morgan fingerprint density at radius 2 is 2.16 bits per heavy atom. The first-order chi connectivity index (χ1) is 9.24. The Morgan fingerprint density at radius 3 is 2.84 bits per heavy atom. The third-order valence-electron chi connectivity index (χ3n) is 2.94. The van der Waals surface area contributed by atoms with Crippen LogP contribution in [0.25, 0.3) is 0 Å². The molecule has 0 aliphatic rings. The van der Waals surface area contributed by atoms with E-state index < -0.39 is 0 Å². The fourth-order valence-corrected chi connectivity index (χ4v) is 1.99. The number of aromatic amines is 1. The third kappa shape index (κ3) is 3.00. The van der Waals surface area contributed by atoms with Crippen molar-refractivity contribution in [3.8, 4) is 0 Å². The first-order valence-electron chi connectivity index (χ1n) is 6.31. The summed E-state index contributed by atoms with van der Waals surface area (Å²) in [6.07, 6.45) is 3.92. The van der Waals surface area contributed by atoms with E-state index in [-0.39, 0.29) is 5.56 Å². The predicted octanol–water partition coefficient (Wildman–Crippen LogP) is 1.57. The molecule has 1 heterocycles. The molecule has 0 saturated heterocycles. The van der Waals surface area contributed by atoms with Crippen molar-refractivity contribution in [1.82, 2.24) is 9.97 Å². The molecule has 5 heteroatoms. The van der Waals surface area contributed by atoms with Crippen LogP contribution in [0.1, 0.15) is 12.0 Å². The van der Waals surface area contributed by atoms with Crippen molar-refractivity contribution in [2.24, 2.45) is 5.73 Å². The molecule has 2 rings (SSSR count). The van der Waals surface area contributed by atoms with Gasteiger partial charge in [-0.1, -0.05) is 18.2 Å². The summed E-state index contributed by atoms with van der Waals surface area (Å²) in [5, 5.41) is 0. The maximum atomic E-state index is 11.9. The lowest BCUT2D eigenvalue weighted by atomic mass is 10.1. The van der Waals surface area contributed by atoms with Crippen LogP contribution in [-0.4, -0.2) is 23.1 Å². The standard InChI is InChI=1S/C14H18N4O/c1-11-5-2-3-6-12(11)18(10-4-7-15)13-14(19)17-9-8-16-13/h2-3,5-6,8-9H,4,7,10,15H2,1H3,(H,17,19). The van der Waals surface area contributed by atoms with Crippen LogP contribution in [0.2, 0.25) is 0 Å². The summed E-state index contributed by atoms with van der Waals surface area (Å²) in [5.74, 6) is 0.408. The van der Waals surface area contributed by atoms with Crippen molar-refractivity contribution >= 4 is 11.5 Å². The van der Waals surface area contributed by atoms with Gasteiger partial charge in [0.05, 0.1) is 0 Å². The zero-order valence-electron chi connectivity index (χ0n) is 11.0. The van der Waals surface area contributed by atoms with E-state index in [4.69, 9.17) is 5.73 Å². The fourth-order valence-electron chi connectivity index (χ4n) is 1.99. The highest BCUT2D eigenvalue weighted by Crippen LogP contribution is 2.24. The largest absolute Gasteiger partial charge is 0.330 e. The molecule has 0 unspecified atom stereocenters. The summed E-state index contributed by atoms with van der Waals surface area (Å²) in [7, 11) is 0. The lowest BCUT2D eigenvalue weighted by Gasteiger charge is -2.24. The molecule has 0 saturated carbocycles. The van der Waals surface area contributed by atoms with Crippen LogP contribution in [0.3, 0.4) is 0 Å². The van der Waals surface area contributed by atoms with Gasteiger partial charge in [0.2, 0.25) is 0 Å². The molecule has 0 amide bonds. The zero-order valence-corrected chi connectivity index (χ0v) is 11.0. The summed E-state index contributed by atoms with van der Waals surface area (Å²) in [6.45, 7) is 3.26. The number of para-hydroxylation sites is 1. The molecule has 0 atom stereocenters. The summed E-state index contributed by atoms with van der Waals surface area (Å²) in [4.78, 5) is 20.7. The molecule has 0 bridgehead atoms. The smallest absolute Gasteiger partial charge is 0.291 e. The number of H-pyrrole nitrogens is 1. The second-order valence-electron chi connectivity index (χ2n) is 4.32. The highest BCUT2D eigenvalue weighted by Gasteiger charge is 2.15. The maximum Gasteiger partial charge on any atom is 0.291 e. The molecule has 19 heavy (non-hydrogen) atoms. The van der Waals surface area contributed by atoms with Crippen LogP contribution in [0.4, 0.5) is 11.5 Å². The molecule has 0 aliphatic carbocycles. The highest BCUT2D eigenvalue weighted by atomic mass is 16.1. The van der Waals surface area contributed by atoms with E-state index in [0.717, 1.165) is 17.7 Å². The molecular formula is C14H18N4O. The highest BCUT2D eigenvalue weighted by molar-refractivity contribution is 5.62. The van der Waals surface area contributed by atoms with Gasteiger partial charge in [-0.25, -0.2) is 4.98 Å². The SMILES string of the molecule is Cc1ccccc1N(CCCN)c1ncc[nH]c1=O. The van der Waals surface area contributed by atoms with Gasteiger partial charge in [-0.2, -0.15) is 0 Å². The average Bonchev–Trinajstić information content (AvgIpc) is 2.42. The normalized spacial score (nSPS) is 10.4. The number of aryl methyl sites for hydroxylation is 1. The van der Waals surface area contributed by atoms with Crippen LogP contribution in [-0.2, 0) is 0 Å². The van der Waals surface area contributed by atoms with Crippen molar-refractivity contribution in [3.05, 3.63) is 52.6 Å². The minimum absolute atomic E-state index is 0.192. The number of nitrogens with two attached hydrogens (primary N) is 1. The van der Waals surface area contributed by atoms with E-state index in [1.54, 1.807) is 6.20 Å². The third-order valence-corrected chi connectivity index (χ3v) is 2.94. The number of hydrogen-bond donors (Lipinski definition) is 2. The van der Waals surface area contributed by atoms with Gasteiger partial charge in [0.25, 0.3) is 5.56 Å². The Hall–Kier alpha value is -2.14. The molecule has 1 aromatic carbocycles. The van der Waals surface area contributed by atoms with Gasteiger partial charge < -0.3 is 15.6 Å². The van der Waals surface area contributed by atoms with Crippen LogP contribution < -0.4 is 16.2 Å². The number of hydrogen-bond acceptors (Lipinski definition) is 4. The molecular weight excluding hydrogens is 240 g/mol. The van der Waals surface area contributed by atoms with E-state index in [9.17, 15) is 4.79 Å². The molecule has 100 valence electrons. The van der Waals surface area contributed by atoms with E-state index >= 15 is 0 Å². The van der Waals surface area contributed by atoms with Crippen molar-refractivity contribution in [2.75, 3.05) is 18.0 Å². The van der Waals surface area contributed by atoms with Crippen LogP contribution >= 0.6 is 0 Å². The average molecular weight is 258 g/mol. The van der Waals surface area contributed by atoms with E-state index in [0.29, 0.717) is 18.9 Å². The molecule has 0 spiro atoms. The summed E-state index contributed by atoms with van der Waals surface area (Å²) in [6, 6.07) is 7.93. The Bertz CT molecular complexity index is 594. The van der Waals surface area contributed by atoms with Crippen molar-refractivity contribution in [3.63, 3.8) is 0 Å². The van der Waals surface area contributed by atoms with Gasteiger partial charge >= 0.3 is 0 Å². The van der Waals surface area contributed by atoms with Gasteiger partial charge in [-0.3, -0.25) is 4.79 Å². The lowest BCUT2D eigenvalue weighted by molar-refractivity contribution is 0.802. The fraction of sp³-hybridized carbons (Fsp3) is 0.286. The molecule has 0 fully saturated rings. The zero-order chi connectivity index (χ0) is 13.7. The lowest BCUT2D eigenvalue weighted by Crippen LogP contribution is -2.28. The van der Waals surface area contributed by atoms with Gasteiger partial charge in [-0.15, -0.1) is 0 Å². The van der Waals surface area contributed by atoms with Gasteiger partial charge in [-0.05, 0) is 31.5 Å². The number of rotatable bonds is 5. The second-order valence-corrected chi connectivity index (χ2v) is 4.32. The van der Waals surface area contributed by atoms with Crippen molar-refractivity contribution in [1.29, 1.82) is 0 Å². The molecule has 3 N–H and O–H groups in total. The topological polar surface area (TPSA) is 75.0 Å². The first kappa shape index (κ1) is 13.3. The minimum Gasteiger partial charge on any atom is -0.330 e. The molecule has 5 nitrogen and oxygen atoms in total. The van der Waals surface area contributed by atoms with Crippen LogP contribution in [0.15, 0.2) is 41.5 Å². The second kappa shape index (κ2) is 6.15. The molecule has 0 aliphatic heterocycles. The number of anilines is 2. The van der Waals surface area contributed by atoms with Gasteiger partial charge in [0, 0.05) is 24.6 Å². The van der Waals surface area contributed by atoms with Crippen molar-refractivity contribution in [2.45, 2.75) is 13.3 Å². The summed E-state index contributed by atoms with van der Waals surface area (Å²) >= 11 is 0. The number of nitrogens with zero attached hydrogens (tertiary/aromatic N) is 2. The monoisotopic (exact) mass is 258 g/mol. The van der Waals surface area contributed by atoms with Crippen molar-refractivity contribution < 1.29 is 0 Å². The Labute approximate surface area is 112 Å². The molecule has 0 radical (unpaired) electrons. The Balaban J connectivity index is 2.45. The summed E-state index contributed by atoms with van der Waals surface area (Å²) < 4.78 is 0. The predicted molar refractivity (Wildman–Crippen MR) is 76.7 cm³/mol. The molecule has 2 aromatic rings. The first-order valence-corrected chi connectivity index (χ1v) is 6.31. The maximum absolute atomic E-state index is 11.9. The molecule has 1 aromatic heterocycles. The van der Waals surface area contributed by atoms with E-state index in [2.05, 4.69) is 9.97 Å². The van der Waals surface area contributed by atoms with Crippen LogP contribution in [0.5, 0.6) is 0 Å². The number of benzene rings is 1. The number of aromatic nitrogens is 2.